The van der Waals surface area contributed by atoms with Crippen molar-refractivity contribution in [2.75, 3.05) is 25.1 Å². The van der Waals surface area contributed by atoms with Gasteiger partial charge in [-0.2, -0.15) is 0 Å². The summed E-state index contributed by atoms with van der Waals surface area (Å²) in [4.78, 5) is 15.1. The molecule has 1 heterocycles. The van der Waals surface area contributed by atoms with Gasteiger partial charge in [-0.3, -0.25) is 4.79 Å². The van der Waals surface area contributed by atoms with Crippen LogP contribution in [0.5, 0.6) is 5.75 Å². The fraction of sp³-hybridized carbons (Fsp3) is 0.435. The van der Waals surface area contributed by atoms with Gasteiger partial charge in [-0.1, -0.05) is 0 Å². The summed E-state index contributed by atoms with van der Waals surface area (Å²) in [6.07, 6.45) is 1.69. The molecule has 0 aliphatic carbocycles. The standard InChI is InChI=1S/C23H31N3O4S/c1-23(2,3)25-31(28,29)21-11-5-17(6-12-21)22(27)24-18-13-15-26(16-14-18)19-7-9-20(30-4)10-8-19/h5-12,18,25H,13-16H2,1-4H3,(H,24,27). The van der Waals surface area contributed by atoms with Crippen molar-refractivity contribution >= 4 is 21.6 Å². The number of rotatable bonds is 6. The second-order valence-corrected chi connectivity index (χ2v) is 10.5. The van der Waals surface area contributed by atoms with Crippen molar-refractivity contribution in [3.63, 3.8) is 0 Å². The largest absolute Gasteiger partial charge is 0.497 e. The number of methoxy groups -OCH3 is 1. The topological polar surface area (TPSA) is 87.7 Å². The lowest BCUT2D eigenvalue weighted by atomic mass is 10.0. The molecule has 1 fully saturated rings. The van der Waals surface area contributed by atoms with E-state index in [4.69, 9.17) is 4.74 Å². The van der Waals surface area contributed by atoms with Crippen LogP contribution < -0.4 is 19.7 Å². The minimum atomic E-state index is -3.62. The van der Waals surface area contributed by atoms with E-state index >= 15 is 0 Å². The summed E-state index contributed by atoms with van der Waals surface area (Å²) in [7, 11) is -1.97. The zero-order chi connectivity index (χ0) is 22.6. The summed E-state index contributed by atoms with van der Waals surface area (Å²) in [6, 6.07) is 14.1. The molecule has 8 heteroatoms. The molecule has 0 bridgehead atoms. The predicted octanol–water partition coefficient (Wildman–Crippen LogP) is 3.17. The highest BCUT2D eigenvalue weighted by atomic mass is 32.2. The SMILES string of the molecule is COc1ccc(N2CCC(NC(=O)c3ccc(S(=O)(=O)NC(C)(C)C)cc3)CC2)cc1. The van der Waals surface area contributed by atoms with Crippen LogP contribution in [0.15, 0.2) is 53.4 Å². The van der Waals surface area contributed by atoms with Crippen molar-refractivity contribution in [1.29, 1.82) is 0 Å². The van der Waals surface area contributed by atoms with Crippen LogP contribution in [0.25, 0.3) is 0 Å². The first kappa shape index (κ1) is 23.1. The molecule has 1 aliphatic heterocycles. The van der Waals surface area contributed by atoms with E-state index in [2.05, 4.69) is 14.9 Å². The molecular weight excluding hydrogens is 414 g/mol. The first-order valence-electron chi connectivity index (χ1n) is 10.4. The van der Waals surface area contributed by atoms with E-state index in [1.165, 1.54) is 12.1 Å². The van der Waals surface area contributed by atoms with Gasteiger partial charge in [0.1, 0.15) is 5.75 Å². The Morgan fingerprint density at radius 1 is 1.00 bits per heavy atom. The fourth-order valence-electron chi connectivity index (χ4n) is 3.59. The van der Waals surface area contributed by atoms with Crippen molar-refractivity contribution in [1.82, 2.24) is 10.0 Å². The Balaban J connectivity index is 1.55. The number of benzene rings is 2. The second-order valence-electron chi connectivity index (χ2n) is 8.81. The van der Waals surface area contributed by atoms with Crippen LogP contribution in [0, 0.1) is 0 Å². The molecule has 0 aromatic heterocycles. The highest BCUT2D eigenvalue weighted by molar-refractivity contribution is 7.89. The normalized spacial score (nSPS) is 15.5. The summed E-state index contributed by atoms with van der Waals surface area (Å²) >= 11 is 0. The molecule has 2 N–H and O–H groups in total. The van der Waals surface area contributed by atoms with E-state index in [0.717, 1.165) is 37.4 Å². The van der Waals surface area contributed by atoms with E-state index in [1.54, 1.807) is 40.0 Å². The quantitative estimate of drug-likeness (QED) is 0.713. The van der Waals surface area contributed by atoms with Gasteiger partial charge in [-0.15, -0.1) is 0 Å². The number of sulfonamides is 1. The van der Waals surface area contributed by atoms with Crippen molar-refractivity contribution in [3.05, 3.63) is 54.1 Å². The van der Waals surface area contributed by atoms with Crippen LogP contribution in [0.3, 0.4) is 0 Å². The maximum Gasteiger partial charge on any atom is 0.251 e. The van der Waals surface area contributed by atoms with E-state index < -0.39 is 15.6 Å². The zero-order valence-corrected chi connectivity index (χ0v) is 19.3. The lowest BCUT2D eigenvalue weighted by molar-refractivity contribution is 0.0931. The molecule has 0 radical (unpaired) electrons. The Labute approximate surface area is 184 Å². The number of carbonyl (C=O) groups is 1. The number of hydrogen-bond donors (Lipinski definition) is 2. The second kappa shape index (κ2) is 9.28. The lowest BCUT2D eigenvalue weighted by Gasteiger charge is -2.34. The molecule has 3 rings (SSSR count). The number of carbonyl (C=O) groups excluding carboxylic acids is 1. The van der Waals surface area contributed by atoms with E-state index in [1.807, 2.05) is 24.3 Å². The highest BCUT2D eigenvalue weighted by Gasteiger charge is 2.24. The van der Waals surface area contributed by atoms with Crippen LogP contribution in [0.4, 0.5) is 5.69 Å². The first-order valence-corrected chi connectivity index (χ1v) is 11.9. The highest BCUT2D eigenvalue weighted by Crippen LogP contribution is 2.23. The molecule has 1 amide bonds. The van der Waals surface area contributed by atoms with Gasteiger partial charge in [-0.05, 0) is 82.1 Å². The van der Waals surface area contributed by atoms with Crippen LogP contribution in [0.2, 0.25) is 0 Å². The maximum absolute atomic E-state index is 12.6. The maximum atomic E-state index is 12.6. The van der Waals surface area contributed by atoms with Gasteiger partial charge in [0.2, 0.25) is 10.0 Å². The molecule has 0 saturated carbocycles. The van der Waals surface area contributed by atoms with Crippen molar-refractivity contribution in [2.45, 2.75) is 50.1 Å². The third kappa shape index (κ3) is 6.21. The molecule has 1 aliphatic rings. The Bertz CT molecular complexity index is 989. The molecule has 7 nitrogen and oxygen atoms in total. The third-order valence-corrected chi connectivity index (χ3v) is 6.91. The molecule has 2 aromatic carbocycles. The summed E-state index contributed by atoms with van der Waals surface area (Å²) in [5.74, 6) is 0.648. The smallest absolute Gasteiger partial charge is 0.251 e. The van der Waals surface area contributed by atoms with E-state index in [0.29, 0.717) is 5.56 Å². The lowest BCUT2D eigenvalue weighted by Crippen LogP contribution is -2.44. The number of ether oxygens (including phenoxy) is 1. The van der Waals surface area contributed by atoms with Crippen LogP contribution in [-0.2, 0) is 10.0 Å². The van der Waals surface area contributed by atoms with Gasteiger partial charge < -0.3 is 15.0 Å². The van der Waals surface area contributed by atoms with E-state index in [-0.39, 0.29) is 16.8 Å². The number of hydrogen-bond acceptors (Lipinski definition) is 5. The molecule has 1 saturated heterocycles. The molecule has 0 unspecified atom stereocenters. The summed E-state index contributed by atoms with van der Waals surface area (Å²) in [5, 5.41) is 3.07. The number of anilines is 1. The first-order chi connectivity index (χ1) is 14.6. The Morgan fingerprint density at radius 3 is 2.10 bits per heavy atom. The summed E-state index contributed by atoms with van der Waals surface area (Å²) < 4.78 is 32.6. The van der Waals surface area contributed by atoms with Crippen molar-refractivity contribution < 1.29 is 17.9 Å². The minimum absolute atomic E-state index is 0.0907. The number of nitrogens with one attached hydrogen (secondary N) is 2. The summed E-state index contributed by atoms with van der Waals surface area (Å²) in [5.41, 5.74) is 1.02. The minimum Gasteiger partial charge on any atom is -0.497 e. The molecule has 0 spiro atoms. The van der Waals surface area contributed by atoms with Crippen LogP contribution in [0.1, 0.15) is 44.0 Å². The van der Waals surface area contributed by atoms with E-state index in [9.17, 15) is 13.2 Å². The van der Waals surface area contributed by atoms with Crippen LogP contribution >= 0.6 is 0 Å². The summed E-state index contributed by atoms with van der Waals surface area (Å²) in [6.45, 7) is 7.06. The van der Waals surface area contributed by atoms with Gasteiger partial charge >= 0.3 is 0 Å². The monoisotopic (exact) mass is 445 g/mol. The van der Waals surface area contributed by atoms with Gasteiger partial charge in [-0.25, -0.2) is 13.1 Å². The fourth-order valence-corrected chi connectivity index (χ4v) is 5.01. The van der Waals surface area contributed by atoms with Crippen molar-refractivity contribution in [3.8, 4) is 5.75 Å². The third-order valence-electron chi connectivity index (χ3n) is 5.14. The zero-order valence-electron chi connectivity index (χ0n) is 18.5. The van der Waals surface area contributed by atoms with Crippen molar-refractivity contribution in [2.24, 2.45) is 0 Å². The van der Waals surface area contributed by atoms with Crippen LogP contribution in [-0.4, -0.2) is 46.1 Å². The number of piperidine rings is 1. The number of nitrogens with zero attached hydrogens (tertiary/aromatic N) is 1. The van der Waals surface area contributed by atoms with Gasteiger partial charge in [0, 0.05) is 35.9 Å². The molecule has 0 atom stereocenters. The molecular formula is C23H31N3O4S. The predicted molar refractivity (Wildman–Crippen MR) is 122 cm³/mol. The Hall–Kier alpha value is -2.58. The molecule has 2 aromatic rings. The molecule has 31 heavy (non-hydrogen) atoms. The number of amides is 1. The van der Waals surface area contributed by atoms with Gasteiger partial charge in [0.05, 0.1) is 12.0 Å². The Kier molecular flexibility index (Phi) is 6.91. The van der Waals surface area contributed by atoms with Gasteiger partial charge in [0.25, 0.3) is 5.91 Å². The van der Waals surface area contributed by atoms with Gasteiger partial charge in [0.15, 0.2) is 0 Å². The average Bonchev–Trinajstić information content (AvgIpc) is 2.73. The molecule has 168 valence electrons. The Morgan fingerprint density at radius 2 is 1.58 bits per heavy atom. The average molecular weight is 446 g/mol.